The topological polar surface area (TPSA) is 90.0 Å². The van der Waals surface area contributed by atoms with E-state index in [0.717, 1.165) is 36.1 Å². The van der Waals surface area contributed by atoms with E-state index in [1.807, 2.05) is 0 Å². The number of rotatable bonds is 10. The highest BCUT2D eigenvalue weighted by Crippen LogP contribution is 2.26. The van der Waals surface area contributed by atoms with Gasteiger partial charge >= 0.3 is 10.2 Å². The quantitative estimate of drug-likeness (QED) is 0.461. The zero-order valence-corrected chi connectivity index (χ0v) is 23.3. The third-order valence-electron chi connectivity index (χ3n) is 6.35. The van der Waals surface area contributed by atoms with Crippen LogP contribution in [0.3, 0.4) is 0 Å². The van der Waals surface area contributed by atoms with Crippen molar-refractivity contribution in [3.8, 4) is 0 Å². The SMILES string of the molecule is C[C@H](C(=O)NC1CCCC1)N(Cc1ccc(Cl)c(Cl)c1)C(=O)CN(c1ccccc1F)S(=O)(=O)N(C)C. The fraction of sp³-hybridized carbons (Fsp3) is 0.440. The average Bonchev–Trinajstić information content (AvgIpc) is 3.36. The lowest BCUT2D eigenvalue weighted by atomic mass is 10.1. The molecule has 0 heterocycles. The standard InChI is InChI=1S/C25H31Cl2FN4O4S/c1-17(25(34)29-19-8-4-5-9-19)31(15-18-12-13-20(26)21(27)14-18)24(33)16-32(37(35,36)30(2)3)23-11-7-6-10-22(23)28/h6-7,10-14,17,19H,4-5,8-9,15-16H2,1-3H3,(H,29,34)/t17-/m1/s1. The highest BCUT2D eigenvalue weighted by Gasteiger charge is 2.34. The van der Waals surface area contributed by atoms with Gasteiger partial charge in [0.1, 0.15) is 18.4 Å². The molecular formula is C25H31Cl2FN4O4S. The molecule has 0 aliphatic heterocycles. The number of hydrogen-bond acceptors (Lipinski definition) is 4. The van der Waals surface area contributed by atoms with Crippen LogP contribution in [0.4, 0.5) is 10.1 Å². The number of hydrogen-bond donors (Lipinski definition) is 1. The molecule has 0 spiro atoms. The summed E-state index contributed by atoms with van der Waals surface area (Å²) in [5.41, 5.74) is 0.318. The lowest BCUT2D eigenvalue weighted by Gasteiger charge is -2.33. The first-order chi connectivity index (χ1) is 17.4. The molecule has 8 nitrogen and oxygen atoms in total. The van der Waals surface area contributed by atoms with Crippen LogP contribution in [0.15, 0.2) is 42.5 Å². The van der Waals surface area contributed by atoms with Crippen LogP contribution in [0.5, 0.6) is 0 Å². The smallest absolute Gasteiger partial charge is 0.304 e. The Bertz CT molecular complexity index is 1240. The summed E-state index contributed by atoms with van der Waals surface area (Å²) in [5, 5.41) is 3.59. The van der Waals surface area contributed by atoms with Gasteiger partial charge in [0.25, 0.3) is 0 Å². The van der Waals surface area contributed by atoms with Crippen molar-refractivity contribution in [2.75, 3.05) is 24.9 Å². The van der Waals surface area contributed by atoms with Crippen LogP contribution < -0.4 is 9.62 Å². The van der Waals surface area contributed by atoms with Gasteiger partial charge in [-0.25, -0.2) is 8.70 Å². The Balaban J connectivity index is 1.95. The molecule has 2 aromatic rings. The third-order valence-corrected chi connectivity index (χ3v) is 8.89. The summed E-state index contributed by atoms with van der Waals surface area (Å²) in [6, 6.07) is 9.21. The summed E-state index contributed by atoms with van der Waals surface area (Å²) in [5.74, 6) is -1.84. The van der Waals surface area contributed by atoms with E-state index in [0.29, 0.717) is 14.9 Å². The zero-order chi connectivity index (χ0) is 27.3. The molecular weight excluding hydrogens is 542 g/mol. The lowest BCUT2D eigenvalue weighted by molar-refractivity contribution is -0.139. The van der Waals surface area contributed by atoms with Gasteiger partial charge in [-0.05, 0) is 49.6 Å². The summed E-state index contributed by atoms with van der Waals surface area (Å²) in [7, 11) is -1.67. The van der Waals surface area contributed by atoms with Gasteiger partial charge in [0.15, 0.2) is 0 Å². The Labute approximate surface area is 227 Å². The largest absolute Gasteiger partial charge is 0.352 e. The molecule has 1 saturated carbocycles. The molecule has 1 N–H and O–H groups in total. The summed E-state index contributed by atoms with van der Waals surface area (Å²) >= 11 is 12.2. The van der Waals surface area contributed by atoms with E-state index in [-0.39, 0.29) is 29.2 Å². The highest BCUT2D eigenvalue weighted by atomic mass is 35.5. The summed E-state index contributed by atoms with van der Waals surface area (Å²) in [6.45, 7) is 0.819. The van der Waals surface area contributed by atoms with Crippen LogP contribution in [0.25, 0.3) is 0 Å². The number of anilines is 1. The number of amides is 2. The predicted molar refractivity (Wildman–Crippen MR) is 143 cm³/mol. The highest BCUT2D eigenvalue weighted by molar-refractivity contribution is 7.90. The zero-order valence-electron chi connectivity index (χ0n) is 21.0. The van der Waals surface area contributed by atoms with Crippen molar-refractivity contribution in [2.24, 2.45) is 0 Å². The molecule has 2 aromatic carbocycles. The summed E-state index contributed by atoms with van der Waals surface area (Å²) in [4.78, 5) is 28.1. The first kappa shape index (κ1) is 29.2. The molecule has 0 saturated heterocycles. The second-order valence-electron chi connectivity index (χ2n) is 9.18. The van der Waals surface area contributed by atoms with Crippen molar-refractivity contribution < 1.29 is 22.4 Å². The van der Waals surface area contributed by atoms with Crippen LogP contribution in [-0.2, 0) is 26.3 Å². The van der Waals surface area contributed by atoms with Crippen LogP contribution in [0.2, 0.25) is 10.0 Å². The van der Waals surface area contributed by atoms with Crippen LogP contribution in [-0.4, -0.2) is 62.2 Å². The minimum absolute atomic E-state index is 0.0286. The number of carbonyl (C=O) groups excluding carboxylic acids is 2. The Kier molecular flexibility index (Phi) is 9.80. The number of benzene rings is 2. The van der Waals surface area contributed by atoms with E-state index >= 15 is 0 Å². The average molecular weight is 574 g/mol. The number of nitrogens with zero attached hydrogens (tertiary/aromatic N) is 3. The molecule has 2 amide bonds. The second-order valence-corrected chi connectivity index (χ2v) is 12.1. The number of carbonyl (C=O) groups is 2. The van der Waals surface area contributed by atoms with E-state index in [2.05, 4.69) is 5.32 Å². The molecule has 3 rings (SSSR count). The minimum atomic E-state index is -4.25. The summed E-state index contributed by atoms with van der Waals surface area (Å²) in [6.07, 6.45) is 3.76. The van der Waals surface area contributed by atoms with Crippen molar-refractivity contribution in [3.05, 3.63) is 63.9 Å². The maximum Gasteiger partial charge on any atom is 0.304 e. The van der Waals surface area contributed by atoms with E-state index in [1.54, 1.807) is 25.1 Å². The van der Waals surface area contributed by atoms with Gasteiger partial charge in [-0.15, -0.1) is 0 Å². The van der Waals surface area contributed by atoms with Crippen molar-refractivity contribution in [2.45, 2.75) is 51.2 Å². The molecule has 12 heteroatoms. The Morgan fingerprint density at radius 2 is 1.73 bits per heavy atom. The summed E-state index contributed by atoms with van der Waals surface area (Å²) < 4.78 is 42.5. The molecule has 0 unspecified atom stereocenters. The Hall–Kier alpha value is -2.40. The molecule has 0 bridgehead atoms. The normalized spacial score (nSPS) is 15.0. The van der Waals surface area contributed by atoms with Crippen molar-refractivity contribution in [1.29, 1.82) is 0 Å². The number of para-hydroxylation sites is 1. The predicted octanol–water partition coefficient (Wildman–Crippen LogP) is 4.22. The molecule has 1 aliphatic carbocycles. The first-order valence-corrected chi connectivity index (χ1v) is 14.1. The van der Waals surface area contributed by atoms with Crippen molar-refractivity contribution in [3.63, 3.8) is 0 Å². The van der Waals surface area contributed by atoms with Gasteiger partial charge in [0.2, 0.25) is 11.8 Å². The molecule has 1 aliphatic rings. The van der Waals surface area contributed by atoms with E-state index in [4.69, 9.17) is 23.2 Å². The molecule has 0 aromatic heterocycles. The van der Waals surface area contributed by atoms with Crippen LogP contribution >= 0.6 is 23.2 Å². The number of nitrogens with one attached hydrogen (secondary N) is 1. The van der Waals surface area contributed by atoms with Gasteiger partial charge in [0, 0.05) is 26.7 Å². The fourth-order valence-corrected chi connectivity index (χ4v) is 5.55. The maximum absolute atomic E-state index is 14.7. The van der Waals surface area contributed by atoms with Crippen molar-refractivity contribution in [1.82, 2.24) is 14.5 Å². The monoisotopic (exact) mass is 572 g/mol. The van der Waals surface area contributed by atoms with Gasteiger partial charge in [-0.3, -0.25) is 9.59 Å². The Morgan fingerprint density at radius 3 is 2.32 bits per heavy atom. The van der Waals surface area contributed by atoms with Gasteiger partial charge in [0.05, 0.1) is 15.7 Å². The van der Waals surface area contributed by atoms with Gasteiger partial charge in [-0.2, -0.15) is 12.7 Å². The lowest BCUT2D eigenvalue weighted by Crippen LogP contribution is -2.53. The van der Waals surface area contributed by atoms with E-state index in [9.17, 15) is 22.4 Å². The molecule has 1 fully saturated rings. The van der Waals surface area contributed by atoms with Crippen LogP contribution in [0, 0.1) is 5.82 Å². The van der Waals surface area contributed by atoms with Crippen LogP contribution in [0.1, 0.15) is 38.2 Å². The number of halogens is 3. The minimum Gasteiger partial charge on any atom is -0.352 e. The van der Waals surface area contributed by atoms with Gasteiger partial charge < -0.3 is 10.2 Å². The Morgan fingerprint density at radius 1 is 1.08 bits per heavy atom. The van der Waals surface area contributed by atoms with Gasteiger partial charge in [-0.1, -0.05) is 54.2 Å². The third kappa shape index (κ3) is 7.13. The fourth-order valence-electron chi connectivity index (χ4n) is 4.17. The second kappa shape index (κ2) is 12.4. The van der Waals surface area contributed by atoms with E-state index < -0.39 is 34.5 Å². The first-order valence-electron chi connectivity index (χ1n) is 11.9. The molecule has 1 atom stereocenters. The molecule has 202 valence electrons. The van der Waals surface area contributed by atoms with Crippen molar-refractivity contribution >= 4 is 50.9 Å². The molecule has 0 radical (unpaired) electrons. The van der Waals surface area contributed by atoms with E-state index in [1.165, 1.54) is 37.2 Å². The maximum atomic E-state index is 14.7. The molecule has 37 heavy (non-hydrogen) atoms.